The van der Waals surface area contributed by atoms with Crippen molar-refractivity contribution in [3.8, 4) is 5.75 Å². The van der Waals surface area contributed by atoms with Crippen molar-refractivity contribution in [1.29, 1.82) is 0 Å². The molecule has 0 bridgehead atoms. The van der Waals surface area contributed by atoms with Crippen LogP contribution in [0.15, 0.2) is 28.7 Å². The molecule has 1 aliphatic rings. The summed E-state index contributed by atoms with van der Waals surface area (Å²) in [5.41, 5.74) is 0.583. The van der Waals surface area contributed by atoms with E-state index in [2.05, 4.69) is 15.9 Å². The highest BCUT2D eigenvalue weighted by molar-refractivity contribution is 9.10. The molecule has 1 aliphatic heterocycles. The number of aliphatic hydroxyl groups excluding tert-OH is 2. The Morgan fingerprint density at radius 1 is 1.38 bits per heavy atom. The third-order valence-corrected chi connectivity index (χ3v) is 2.26. The van der Waals surface area contributed by atoms with Gasteiger partial charge in [-0.3, -0.25) is 0 Å². The Balaban J connectivity index is 2.54. The fraction of sp³-hybridized carbons (Fsp3) is 0.111. The first-order valence-corrected chi connectivity index (χ1v) is 4.51. The second-order valence-corrected chi connectivity index (χ2v) is 3.62. The van der Waals surface area contributed by atoms with Gasteiger partial charge in [-0.05, 0) is 18.2 Å². The third-order valence-electron chi connectivity index (χ3n) is 1.77. The minimum atomic E-state index is -1.06. The predicted octanol–water partition coefficient (Wildman–Crippen LogP) is 2.06. The van der Waals surface area contributed by atoms with Gasteiger partial charge in [0.15, 0.2) is 0 Å². The molecule has 0 aliphatic carbocycles. The Hall–Kier alpha value is -1.000. The van der Waals surface area contributed by atoms with E-state index in [0.717, 1.165) is 4.47 Å². The summed E-state index contributed by atoms with van der Waals surface area (Å²) in [5, 5.41) is 18.6. The summed E-state index contributed by atoms with van der Waals surface area (Å²) >= 11 is 3.28. The smallest absolute Gasteiger partial charge is 0.221 e. The maximum atomic E-state index is 9.46. The minimum Gasteiger partial charge on any atom is -0.507 e. The first-order valence-electron chi connectivity index (χ1n) is 3.72. The average molecular weight is 243 g/mol. The van der Waals surface area contributed by atoms with Gasteiger partial charge in [0, 0.05) is 10.5 Å². The van der Waals surface area contributed by atoms with E-state index >= 15 is 0 Å². The van der Waals surface area contributed by atoms with Gasteiger partial charge in [0.25, 0.3) is 0 Å². The first kappa shape index (κ1) is 8.59. The Morgan fingerprint density at radius 2 is 2.15 bits per heavy atom. The summed E-state index contributed by atoms with van der Waals surface area (Å²) < 4.78 is 5.91. The molecule has 0 spiro atoms. The zero-order valence-corrected chi connectivity index (χ0v) is 8.15. The van der Waals surface area contributed by atoms with Gasteiger partial charge in [0.1, 0.15) is 11.5 Å². The van der Waals surface area contributed by atoms with E-state index in [0.29, 0.717) is 11.3 Å². The van der Waals surface area contributed by atoms with Crippen molar-refractivity contribution >= 4 is 21.7 Å². The van der Waals surface area contributed by atoms with Crippen molar-refractivity contribution in [3.63, 3.8) is 0 Å². The number of hydrogen-bond acceptors (Lipinski definition) is 3. The second kappa shape index (κ2) is 3.05. The van der Waals surface area contributed by atoms with Crippen LogP contribution in [0.5, 0.6) is 5.75 Å². The lowest BCUT2D eigenvalue weighted by Gasteiger charge is -2.19. The maximum absolute atomic E-state index is 9.46. The standard InChI is InChI=1S/C9H7BrO3/c10-5-1-2-8-6(3-5)7(11)4-9(12)13-8/h1-4,9,11-12H. The van der Waals surface area contributed by atoms with Gasteiger partial charge in [-0.25, -0.2) is 0 Å². The first-order chi connectivity index (χ1) is 6.16. The van der Waals surface area contributed by atoms with Crippen LogP contribution >= 0.6 is 15.9 Å². The zero-order chi connectivity index (χ0) is 9.42. The van der Waals surface area contributed by atoms with Gasteiger partial charge in [0.05, 0.1) is 5.56 Å². The van der Waals surface area contributed by atoms with Crippen LogP contribution < -0.4 is 4.74 Å². The molecule has 13 heavy (non-hydrogen) atoms. The summed E-state index contributed by atoms with van der Waals surface area (Å²) in [5.74, 6) is 0.519. The molecule has 1 unspecified atom stereocenters. The lowest BCUT2D eigenvalue weighted by atomic mass is 10.1. The third kappa shape index (κ3) is 1.55. The molecule has 68 valence electrons. The Bertz CT molecular complexity index is 373. The highest BCUT2D eigenvalue weighted by Crippen LogP contribution is 2.32. The van der Waals surface area contributed by atoms with Gasteiger partial charge in [-0.1, -0.05) is 15.9 Å². The Labute approximate surface area is 83.4 Å². The predicted molar refractivity (Wildman–Crippen MR) is 51.4 cm³/mol. The molecule has 0 saturated carbocycles. The summed E-state index contributed by atoms with van der Waals surface area (Å²) in [6.45, 7) is 0. The van der Waals surface area contributed by atoms with Crippen molar-refractivity contribution in [2.24, 2.45) is 0 Å². The van der Waals surface area contributed by atoms with Crippen molar-refractivity contribution in [2.75, 3.05) is 0 Å². The molecule has 1 aromatic carbocycles. The molecule has 0 amide bonds. The lowest BCUT2D eigenvalue weighted by Crippen LogP contribution is -2.17. The van der Waals surface area contributed by atoms with E-state index < -0.39 is 6.29 Å². The van der Waals surface area contributed by atoms with Crippen LogP contribution in [0.4, 0.5) is 0 Å². The quantitative estimate of drug-likeness (QED) is 0.733. The van der Waals surface area contributed by atoms with Crippen LogP contribution in [0.2, 0.25) is 0 Å². The monoisotopic (exact) mass is 242 g/mol. The Morgan fingerprint density at radius 3 is 2.92 bits per heavy atom. The molecule has 1 heterocycles. The number of hydrogen-bond donors (Lipinski definition) is 2. The van der Waals surface area contributed by atoms with Gasteiger partial charge in [-0.15, -0.1) is 0 Å². The van der Waals surface area contributed by atoms with E-state index in [4.69, 9.17) is 9.84 Å². The average Bonchev–Trinajstić information content (AvgIpc) is 2.06. The van der Waals surface area contributed by atoms with E-state index in [1.807, 2.05) is 0 Å². The highest BCUT2D eigenvalue weighted by Gasteiger charge is 2.18. The number of ether oxygens (including phenoxy) is 1. The molecule has 0 fully saturated rings. The number of aliphatic hydroxyl groups is 2. The van der Waals surface area contributed by atoms with Gasteiger partial charge < -0.3 is 14.9 Å². The molecule has 2 rings (SSSR count). The molecular formula is C9H7BrO3. The van der Waals surface area contributed by atoms with Crippen LogP contribution in [-0.2, 0) is 0 Å². The van der Waals surface area contributed by atoms with Crippen LogP contribution in [0, 0.1) is 0 Å². The van der Waals surface area contributed by atoms with Crippen molar-refractivity contribution in [1.82, 2.24) is 0 Å². The summed E-state index contributed by atoms with van der Waals surface area (Å²) in [7, 11) is 0. The number of halogens is 1. The fourth-order valence-corrected chi connectivity index (χ4v) is 1.56. The van der Waals surface area contributed by atoms with Gasteiger partial charge >= 0.3 is 0 Å². The highest BCUT2D eigenvalue weighted by atomic mass is 79.9. The Kier molecular flexibility index (Phi) is 2.01. The molecule has 0 radical (unpaired) electrons. The molecule has 1 aromatic rings. The van der Waals surface area contributed by atoms with Gasteiger partial charge in [-0.2, -0.15) is 0 Å². The van der Waals surface area contributed by atoms with Crippen LogP contribution in [-0.4, -0.2) is 16.5 Å². The second-order valence-electron chi connectivity index (χ2n) is 2.70. The normalized spacial score (nSPS) is 20.2. The molecule has 4 heteroatoms. The molecule has 0 saturated heterocycles. The van der Waals surface area contributed by atoms with E-state index in [-0.39, 0.29) is 5.76 Å². The lowest BCUT2D eigenvalue weighted by molar-refractivity contribution is 0.0206. The maximum Gasteiger partial charge on any atom is 0.221 e. The molecule has 1 atom stereocenters. The minimum absolute atomic E-state index is 0.0371. The fourth-order valence-electron chi connectivity index (χ4n) is 1.19. The molecule has 3 nitrogen and oxygen atoms in total. The van der Waals surface area contributed by atoms with Crippen LogP contribution in [0.25, 0.3) is 5.76 Å². The molecule has 0 aromatic heterocycles. The topological polar surface area (TPSA) is 49.7 Å². The summed E-state index contributed by atoms with van der Waals surface area (Å²) in [6, 6.07) is 5.20. The van der Waals surface area contributed by atoms with Crippen molar-refractivity contribution < 1.29 is 14.9 Å². The van der Waals surface area contributed by atoms with E-state index in [9.17, 15) is 5.11 Å². The van der Waals surface area contributed by atoms with E-state index in [1.165, 1.54) is 6.08 Å². The zero-order valence-electron chi connectivity index (χ0n) is 6.57. The number of benzene rings is 1. The molecular weight excluding hydrogens is 236 g/mol. The van der Waals surface area contributed by atoms with Gasteiger partial charge in [0.2, 0.25) is 6.29 Å². The van der Waals surface area contributed by atoms with Crippen LogP contribution in [0.1, 0.15) is 5.56 Å². The summed E-state index contributed by atoms with van der Waals surface area (Å²) in [6.07, 6.45) is 0.183. The molecule has 2 N–H and O–H groups in total. The summed E-state index contributed by atoms with van der Waals surface area (Å²) in [4.78, 5) is 0. The van der Waals surface area contributed by atoms with Crippen LogP contribution in [0.3, 0.4) is 0 Å². The SMILES string of the molecule is OC1=CC(O)Oc2ccc(Br)cc21. The van der Waals surface area contributed by atoms with Crippen molar-refractivity contribution in [3.05, 3.63) is 34.3 Å². The largest absolute Gasteiger partial charge is 0.507 e. The number of fused-ring (bicyclic) bond motifs is 1. The number of rotatable bonds is 0. The van der Waals surface area contributed by atoms with Crippen molar-refractivity contribution in [2.45, 2.75) is 6.29 Å². The van der Waals surface area contributed by atoms with E-state index in [1.54, 1.807) is 18.2 Å².